The SMILES string of the molecule is CC(O)(CNC(=O)c1ccc(F)cc1F)c1cc2ccccc2o1. The first-order valence-corrected chi connectivity index (χ1v) is 7.31. The molecule has 4 nitrogen and oxygen atoms in total. The second-order valence-electron chi connectivity index (χ2n) is 5.73. The van der Waals surface area contributed by atoms with E-state index in [2.05, 4.69) is 5.32 Å². The molecule has 0 aliphatic carbocycles. The fraction of sp³-hybridized carbons (Fsp3) is 0.167. The molecule has 1 unspecified atom stereocenters. The molecule has 3 aromatic rings. The van der Waals surface area contributed by atoms with Crippen LogP contribution in [0.2, 0.25) is 0 Å². The summed E-state index contributed by atoms with van der Waals surface area (Å²) in [7, 11) is 0. The Bertz CT molecular complexity index is 869. The predicted molar refractivity (Wildman–Crippen MR) is 84.5 cm³/mol. The van der Waals surface area contributed by atoms with E-state index < -0.39 is 23.1 Å². The lowest BCUT2D eigenvalue weighted by atomic mass is 10.0. The second kappa shape index (κ2) is 6.05. The number of fused-ring (bicyclic) bond motifs is 1. The van der Waals surface area contributed by atoms with Crippen molar-refractivity contribution < 1.29 is 23.1 Å². The van der Waals surface area contributed by atoms with Gasteiger partial charge in [0.05, 0.1) is 12.1 Å². The lowest BCUT2D eigenvalue weighted by molar-refractivity contribution is 0.0344. The van der Waals surface area contributed by atoms with Crippen molar-refractivity contribution in [2.24, 2.45) is 0 Å². The number of hydrogen-bond donors (Lipinski definition) is 2. The molecule has 0 aliphatic heterocycles. The normalized spacial score (nSPS) is 13.7. The van der Waals surface area contributed by atoms with Crippen LogP contribution in [0.4, 0.5) is 8.78 Å². The van der Waals surface area contributed by atoms with Crippen LogP contribution in [0.1, 0.15) is 23.0 Å². The van der Waals surface area contributed by atoms with Gasteiger partial charge in [-0.1, -0.05) is 18.2 Å². The van der Waals surface area contributed by atoms with Crippen molar-refractivity contribution in [2.45, 2.75) is 12.5 Å². The molecule has 124 valence electrons. The lowest BCUT2D eigenvalue weighted by Gasteiger charge is -2.21. The van der Waals surface area contributed by atoms with Crippen LogP contribution in [0.25, 0.3) is 11.0 Å². The van der Waals surface area contributed by atoms with Crippen molar-refractivity contribution in [3.05, 3.63) is 71.5 Å². The molecule has 1 aromatic heterocycles. The van der Waals surface area contributed by atoms with Crippen molar-refractivity contribution in [1.29, 1.82) is 0 Å². The van der Waals surface area contributed by atoms with Crippen molar-refractivity contribution >= 4 is 16.9 Å². The van der Waals surface area contributed by atoms with Gasteiger partial charge in [0.25, 0.3) is 5.91 Å². The number of halogens is 2. The monoisotopic (exact) mass is 331 g/mol. The molecule has 2 N–H and O–H groups in total. The summed E-state index contributed by atoms with van der Waals surface area (Å²) in [5.41, 5.74) is -1.16. The zero-order valence-corrected chi connectivity index (χ0v) is 12.8. The van der Waals surface area contributed by atoms with E-state index in [0.29, 0.717) is 11.6 Å². The van der Waals surface area contributed by atoms with E-state index in [1.54, 1.807) is 12.1 Å². The van der Waals surface area contributed by atoms with Crippen LogP contribution in [-0.2, 0) is 5.60 Å². The summed E-state index contributed by atoms with van der Waals surface area (Å²) in [5.74, 6) is -2.19. The molecule has 0 radical (unpaired) electrons. The van der Waals surface area contributed by atoms with Gasteiger partial charge in [0.2, 0.25) is 0 Å². The van der Waals surface area contributed by atoms with E-state index in [4.69, 9.17) is 4.42 Å². The van der Waals surface area contributed by atoms with Crippen LogP contribution < -0.4 is 5.32 Å². The van der Waals surface area contributed by atoms with Crippen molar-refractivity contribution in [1.82, 2.24) is 5.32 Å². The Kier molecular flexibility index (Phi) is 4.07. The maximum Gasteiger partial charge on any atom is 0.254 e. The van der Waals surface area contributed by atoms with Gasteiger partial charge in [0.15, 0.2) is 0 Å². The Morgan fingerprint density at radius 2 is 1.96 bits per heavy atom. The number of carbonyl (C=O) groups is 1. The van der Waals surface area contributed by atoms with Gasteiger partial charge in [-0.15, -0.1) is 0 Å². The van der Waals surface area contributed by atoms with Crippen LogP contribution in [0.15, 0.2) is 52.9 Å². The molecule has 0 aliphatic rings. The standard InChI is InChI=1S/C18H15F2NO3/c1-18(23,16-8-11-4-2-3-5-15(11)24-16)10-21-17(22)13-7-6-12(19)9-14(13)20/h2-9,23H,10H2,1H3,(H,21,22). The number of para-hydroxylation sites is 1. The maximum atomic E-state index is 13.6. The van der Waals surface area contributed by atoms with Gasteiger partial charge in [0.1, 0.15) is 28.6 Å². The third-order valence-electron chi connectivity index (χ3n) is 3.73. The molecule has 0 saturated heterocycles. The Morgan fingerprint density at radius 3 is 2.67 bits per heavy atom. The van der Waals surface area contributed by atoms with Gasteiger partial charge >= 0.3 is 0 Å². The van der Waals surface area contributed by atoms with Crippen molar-refractivity contribution in [3.63, 3.8) is 0 Å². The number of amides is 1. The molecular weight excluding hydrogens is 316 g/mol. The van der Waals surface area contributed by atoms with E-state index >= 15 is 0 Å². The van der Waals surface area contributed by atoms with Crippen molar-refractivity contribution in [2.75, 3.05) is 6.54 Å². The van der Waals surface area contributed by atoms with Crippen LogP contribution >= 0.6 is 0 Å². The summed E-state index contributed by atoms with van der Waals surface area (Å²) in [6, 6.07) is 11.6. The number of hydrogen-bond acceptors (Lipinski definition) is 3. The first kappa shape index (κ1) is 16.1. The first-order chi connectivity index (χ1) is 11.4. The minimum Gasteiger partial charge on any atom is -0.458 e. The topological polar surface area (TPSA) is 62.5 Å². The van der Waals surface area contributed by atoms with E-state index in [0.717, 1.165) is 17.5 Å². The van der Waals surface area contributed by atoms with Gasteiger partial charge < -0.3 is 14.8 Å². The number of furan rings is 1. The molecule has 3 rings (SSSR count). The molecule has 0 saturated carbocycles. The fourth-order valence-corrected chi connectivity index (χ4v) is 2.36. The molecule has 0 fully saturated rings. The Balaban J connectivity index is 1.75. The Hall–Kier alpha value is -2.73. The number of carbonyl (C=O) groups excluding carboxylic acids is 1. The van der Waals surface area contributed by atoms with Gasteiger partial charge in [-0.2, -0.15) is 0 Å². The number of rotatable bonds is 4. The van der Waals surface area contributed by atoms with Crippen LogP contribution in [0.3, 0.4) is 0 Å². The summed E-state index contributed by atoms with van der Waals surface area (Å²) >= 11 is 0. The summed E-state index contributed by atoms with van der Waals surface area (Å²) < 4.78 is 32.1. The minimum absolute atomic E-state index is 0.192. The van der Waals surface area contributed by atoms with Gasteiger partial charge in [-0.05, 0) is 31.2 Å². The van der Waals surface area contributed by atoms with Crippen LogP contribution in [-0.4, -0.2) is 17.6 Å². The zero-order valence-electron chi connectivity index (χ0n) is 12.8. The first-order valence-electron chi connectivity index (χ1n) is 7.31. The van der Waals surface area contributed by atoms with E-state index in [1.807, 2.05) is 18.2 Å². The minimum atomic E-state index is -1.48. The lowest BCUT2D eigenvalue weighted by Crippen LogP contribution is -2.38. The van der Waals surface area contributed by atoms with E-state index in [-0.39, 0.29) is 17.9 Å². The average molecular weight is 331 g/mol. The third kappa shape index (κ3) is 3.14. The Morgan fingerprint density at radius 1 is 1.21 bits per heavy atom. The van der Waals surface area contributed by atoms with Crippen molar-refractivity contribution in [3.8, 4) is 0 Å². The van der Waals surface area contributed by atoms with E-state index in [9.17, 15) is 18.7 Å². The maximum absolute atomic E-state index is 13.6. The summed E-state index contributed by atoms with van der Waals surface area (Å²) in [4.78, 5) is 12.0. The number of aliphatic hydroxyl groups is 1. The molecule has 0 bridgehead atoms. The summed E-state index contributed by atoms with van der Waals surface area (Å²) in [5, 5.41) is 13.8. The van der Waals surface area contributed by atoms with Gasteiger partial charge in [0, 0.05) is 11.5 Å². The predicted octanol–water partition coefficient (Wildman–Crippen LogP) is 3.35. The molecule has 1 amide bonds. The van der Waals surface area contributed by atoms with Crippen LogP contribution in [0.5, 0.6) is 0 Å². The Labute approximate surface area is 136 Å². The molecule has 24 heavy (non-hydrogen) atoms. The average Bonchev–Trinajstić information content (AvgIpc) is 2.98. The number of nitrogens with one attached hydrogen (secondary N) is 1. The largest absolute Gasteiger partial charge is 0.458 e. The highest BCUT2D eigenvalue weighted by atomic mass is 19.1. The molecule has 1 atom stereocenters. The molecule has 2 aromatic carbocycles. The van der Waals surface area contributed by atoms with Gasteiger partial charge in [-0.25, -0.2) is 8.78 Å². The van der Waals surface area contributed by atoms with Crippen LogP contribution in [0, 0.1) is 11.6 Å². The second-order valence-corrected chi connectivity index (χ2v) is 5.73. The zero-order chi connectivity index (χ0) is 17.3. The van der Waals surface area contributed by atoms with E-state index in [1.165, 1.54) is 6.92 Å². The quantitative estimate of drug-likeness (QED) is 0.771. The third-order valence-corrected chi connectivity index (χ3v) is 3.73. The van der Waals surface area contributed by atoms with Gasteiger partial charge in [-0.3, -0.25) is 4.79 Å². The number of benzene rings is 2. The highest BCUT2D eigenvalue weighted by molar-refractivity contribution is 5.94. The smallest absolute Gasteiger partial charge is 0.254 e. The fourth-order valence-electron chi connectivity index (χ4n) is 2.36. The summed E-state index contributed by atoms with van der Waals surface area (Å²) in [6.07, 6.45) is 0. The molecule has 6 heteroatoms. The highest BCUT2D eigenvalue weighted by Gasteiger charge is 2.28. The summed E-state index contributed by atoms with van der Waals surface area (Å²) in [6.45, 7) is 1.29. The molecule has 1 heterocycles. The molecule has 0 spiro atoms. The highest BCUT2D eigenvalue weighted by Crippen LogP contribution is 2.27. The molecular formula is C18H15F2NO3.